The summed E-state index contributed by atoms with van der Waals surface area (Å²) < 4.78 is 5.40. The van der Waals surface area contributed by atoms with Gasteiger partial charge in [-0.2, -0.15) is 0 Å². The molecule has 2 aromatic heterocycles. The first-order valence-corrected chi connectivity index (χ1v) is 23.4. The molecule has 1 aliphatic carbocycles. The zero-order valence-corrected chi connectivity index (χ0v) is 38.1. The summed E-state index contributed by atoms with van der Waals surface area (Å²) in [7, 11) is 0. The average Bonchev–Trinajstić information content (AvgIpc) is 3.90. The van der Waals surface area contributed by atoms with Gasteiger partial charge in [-0.05, 0) is 120 Å². The number of thiophene rings is 1. The lowest BCUT2D eigenvalue weighted by atomic mass is 9.43. The first kappa shape index (κ1) is 37.2. The summed E-state index contributed by atoms with van der Waals surface area (Å²) in [5.41, 5.74) is 22.4. The van der Waals surface area contributed by atoms with Crippen molar-refractivity contribution in [2.75, 3.05) is 4.81 Å². The summed E-state index contributed by atoms with van der Waals surface area (Å²) >= 11 is 1.96. The van der Waals surface area contributed by atoms with Gasteiger partial charge in [-0.3, -0.25) is 0 Å². The van der Waals surface area contributed by atoms with Crippen LogP contribution in [0.25, 0.3) is 81.0 Å². The second-order valence-corrected chi connectivity index (χ2v) is 22.0. The van der Waals surface area contributed by atoms with Gasteiger partial charge in [0.15, 0.2) is 0 Å². The van der Waals surface area contributed by atoms with Crippen LogP contribution in [-0.2, 0) is 16.2 Å². The van der Waals surface area contributed by atoms with Crippen molar-refractivity contribution in [1.29, 1.82) is 0 Å². The van der Waals surface area contributed by atoms with E-state index in [0.29, 0.717) is 0 Å². The Labute approximate surface area is 374 Å². The van der Waals surface area contributed by atoms with Crippen LogP contribution in [0.1, 0.15) is 77.6 Å². The van der Waals surface area contributed by atoms with Crippen molar-refractivity contribution in [3.8, 4) is 39.1 Å². The van der Waals surface area contributed by atoms with Gasteiger partial charge in [0, 0.05) is 48.6 Å². The number of benzene rings is 8. The molecule has 10 aromatic rings. The fraction of sp³-hybridized carbons (Fsp3) is 0.186. The summed E-state index contributed by atoms with van der Waals surface area (Å²) in [4.78, 5) is 2.73. The Morgan fingerprint density at radius 1 is 0.540 bits per heavy atom. The zero-order valence-electron chi connectivity index (χ0n) is 37.3. The van der Waals surface area contributed by atoms with E-state index in [4.69, 9.17) is 0 Å². The van der Waals surface area contributed by atoms with Gasteiger partial charge in [0.05, 0.1) is 21.4 Å². The number of nitrogens with zero attached hydrogens (tertiary/aromatic N) is 2. The Kier molecular flexibility index (Phi) is 7.34. The van der Waals surface area contributed by atoms with Gasteiger partial charge in [0.2, 0.25) is 0 Å². The standard InChI is InChI=1S/C59H49BN2S/c1-57(2,3)36-24-28-48-41(30-36)42-31-37(58(4,5)6)32-47-54(42)61(48)55-53-44(33-43-39-18-13-15-21-50(39)63-56(43)55)52-49(29-27-46-51(52)40-19-12-14-20-45(40)59(46,7)8)62(60(47)53)38-25-22-35(23-26-38)34-16-10-9-11-17-34/h9-33H,1-8H3. The molecule has 0 atom stereocenters. The van der Waals surface area contributed by atoms with Crippen molar-refractivity contribution in [3.05, 3.63) is 174 Å². The number of anilines is 2. The minimum atomic E-state index is -0.138. The van der Waals surface area contributed by atoms with Crippen LogP contribution in [-0.4, -0.2) is 11.4 Å². The second-order valence-electron chi connectivity index (χ2n) is 20.9. The van der Waals surface area contributed by atoms with Crippen LogP contribution in [0.2, 0.25) is 0 Å². The Balaban J connectivity index is 1.24. The lowest BCUT2D eigenvalue weighted by molar-refractivity contribution is 0.590. The fourth-order valence-electron chi connectivity index (χ4n) is 11.6. The van der Waals surface area contributed by atoms with Crippen LogP contribution in [0, 0.1) is 0 Å². The lowest BCUT2D eigenvalue weighted by Crippen LogP contribution is -2.61. The fourth-order valence-corrected chi connectivity index (χ4v) is 12.9. The molecule has 0 N–H and O–H groups in total. The van der Waals surface area contributed by atoms with Gasteiger partial charge in [-0.1, -0.05) is 159 Å². The second kappa shape index (κ2) is 12.4. The van der Waals surface area contributed by atoms with Crippen LogP contribution >= 0.6 is 11.3 Å². The summed E-state index contributed by atoms with van der Waals surface area (Å²) in [5, 5.41) is 5.36. The highest BCUT2D eigenvalue weighted by molar-refractivity contribution is 7.26. The van der Waals surface area contributed by atoms with Crippen LogP contribution in [0.4, 0.5) is 11.4 Å². The third kappa shape index (κ3) is 4.96. The van der Waals surface area contributed by atoms with Crippen molar-refractivity contribution in [2.24, 2.45) is 0 Å². The Hall–Kier alpha value is -6.36. The van der Waals surface area contributed by atoms with E-state index in [2.05, 4.69) is 216 Å². The maximum absolute atomic E-state index is 2.73. The summed E-state index contributed by atoms with van der Waals surface area (Å²) in [5.74, 6) is 0. The van der Waals surface area contributed by atoms with Crippen LogP contribution in [0.5, 0.6) is 0 Å². The van der Waals surface area contributed by atoms with Gasteiger partial charge in [0.1, 0.15) is 0 Å². The number of hydrogen-bond acceptors (Lipinski definition) is 2. The van der Waals surface area contributed by atoms with E-state index >= 15 is 0 Å². The molecule has 0 unspecified atom stereocenters. The largest absolute Gasteiger partial charge is 0.376 e. The Morgan fingerprint density at radius 3 is 2.02 bits per heavy atom. The Morgan fingerprint density at radius 2 is 1.24 bits per heavy atom. The van der Waals surface area contributed by atoms with Crippen LogP contribution in [0.3, 0.4) is 0 Å². The minimum Gasteiger partial charge on any atom is -0.376 e. The van der Waals surface area contributed by atoms with E-state index in [1.54, 1.807) is 0 Å². The SMILES string of the molecule is CC(C)(C)c1ccc2c(c1)c1cc(C(C)(C)C)cc3c1n2-c1c2c(cc4c1sc1ccccc14)-c1c(ccc4c1-c1ccccc1C4(C)C)N(c1ccc(-c4ccccc4)cc1)B23. The first-order chi connectivity index (χ1) is 30.3. The molecule has 2 nitrogen and oxygen atoms in total. The zero-order chi connectivity index (χ0) is 42.9. The highest BCUT2D eigenvalue weighted by Gasteiger charge is 2.48. The number of aromatic nitrogens is 1. The molecule has 0 radical (unpaired) electrons. The topological polar surface area (TPSA) is 8.17 Å². The first-order valence-electron chi connectivity index (χ1n) is 22.6. The highest BCUT2D eigenvalue weighted by Crippen LogP contribution is 2.58. The van der Waals surface area contributed by atoms with Gasteiger partial charge >= 0.3 is 6.85 Å². The number of rotatable bonds is 2. The van der Waals surface area contributed by atoms with Crippen LogP contribution < -0.4 is 15.7 Å². The molecule has 2 aliphatic heterocycles. The summed E-state index contributed by atoms with van der Waals surface area (Å²) in [6.07, 6.45) is 0. The third-order valence-corrected chi connectivity index (χ3v) is 16.1. The van der Waals surface area contributed by atoms with E-state index < -0.39 is 0 Å². The molecule has 13 rings (SSSR count). The molecule has 304 valence electrons. The predicted molar refractivity (Wildman–Crippen MR) is 273 cm³/mol. The smallest absolute Gasteiger partial charge is 0.333 e. The Bertz CT molecular complexity index is 3610. The average molecular weight is 829 g/mol. The molecule has 0 spiro atoms. The van der Waals surface area contributed by atoms with Gasteiger partial charge in [-0.15, -0.1) is 11.3 Å². The van der Waals surface area contributed by atoms with Gasteiger partial charge in [0.25, 0.3) is 0 Å². The van der Waals surface area contributed by atoms with E-state index in [9.17, 15) is 0 Å². The molecule has 8 aromatic carbocycles. The van der Waals surface area contributed by atoms with E-state index in [-0.39, 0.29) is 23.1 Å². The summed E-state index contributed by atoms with van der Waals surface area (Å²) in [6, 6.07) is 58.5. The van der Waals surface area contributed by atoms with Crippen molar-refractivity contribution >= 4 is 82.5 Å². The molecule has 0 fully saturated rings. The maximum Gasteiger partial charge on any atom is 0.333 e. The van der Waals surface area contributed by atoms with Crippen molar-refractivity contribution in [3.63, 3.8) is 0 Å². The lowest BCUT2D eigenvalue weighted by Gasteiger charge is -2.43. The van der Waals surface area contributed by atoms with Crippen LogP contribution in [0.15, 0.2) is 152 Å². The molecule has 3 aliphatic rings. The molecule has 0 bridgehead atoms. The molecular formula is C59H49BN2S. The van der Waals surface area contributed by atoms with Gasteiger partial charge in [-0.25, -0.2) is 0 Å². The molecule has 63 heavy (non-hydrogen) atoms. The minimum absolute atomic E-state index is 0.0112. The van der Waals surface area contributed by atoms with Crippen molar-refractivity contribution in [1.82, 2.24) is 4.57 Å². The highest BCUT2D eigenvalue weighted by atomic mass is 32.1. The van der Waals surface area contributed by atoms with Gasteiger partial charge < -0.3 is 9.38 Å². The van der Waals surface area contributed by atoms with E-state index in [1.165, 1.54) is 126 Å². The monoisotopic (exact) mass is 828 g/mol. The number of fused-ring (bicyclic) bond motifs is 15. The molecule has 4 heteroatoms. The summed E-state index contributed by atoms with van der Waals surface area (Å²) in [6.45, 7) is 18.9. The van der Waals surface area contributed by atoms with Crippen molar-refractivity contribution in [2.45, 2.75) is 71.6 Å². The van der Waals surface area contributed by atoms with E-state index in [0.717, 1.165) is 0 Å². The molecule has 0 amide bonds. The maximum atomic E-state index is 2.73. The molecule has 0 saturated heterocycles. The molecular weight excluding hydrogens is 780 g/mol. The molecule has 4 heterocycles. The predicted octanol–water partition coefficient (Wildman–Crippen LogP) is 15.0. The quantitative estimate of drug-likeness (QED) is 0.158. The molecule has 0 saturated carbocycles. The number of hydrogen-bond donors (Lipinski definition) is 0. The normalized spacial score (nSPS) is 14.7. The van der Waals surface area contributed by atoms with Crippen molar-refractivity contribution < 1.29 is 0 Å². The third-order valence-electron chi connectivity index (χ3n) is 14.9. The van der Waals surface area contributed by atoms with E-state index in [1.807, 2.05) is 11.3 Å².